The van der Waals surface area contributed by atoms with E-state index in [0.29, 0.717) is 6.54 Å². The highest BCUT2D eigenvalue weighted by Gasteiger charge is 2.29. The molecule has 0 saturated heterocycles. The van der Waals surface area contributed by atoms with Crippen LogP contribution in [0.4, 0.5) is 5.82 Å². The molecule has 1 heterocycles. The highest BCUT2D eigenvalue weighted by molar-refractivity contribution is 7.89. The van der Waals surface area contributed by atoms with Gasteiger partial charge >= 0.3 is 0 Å². The number of aryl methyl sites for hydroxylation is 1. The number of carbonyl (C=O) groups is 1. The number of likely N-dealkylation sites (N-methyl/N-ethyl adjacent to an activating group) is 1. The number of aromatic nitrogens is 2. The summed E-state index contributed by atoms with van der Waals surface area (Å²) < 4.78 is 27.6. The number of rotatable bonds is 7. The molecule has 9 heteroatoms. The van der Waals surface area contributed by atoms with Gasteiger partial charge in [0, 0.05) is 25.3 Å². The first-order chi connectivity index (χ1) is 9.72. The topological polar surface area (TPSA) is 110 Å². The molecule has 21 heavy (non-hydrogen) atoms. The van der Waals surface area contributed by atoms with E-state index in [0.717, 1.165) is 4.31 Å². The molecule has 0 fully saturated rings. The molecule has 1 aromatic heterocycles. The van der Waals surface area contributed by atoms with Crippen LogP contribution in [0.3, 0.4) is 0 Å². The van der Waals surface area contributed by atoms with Crippen molar-refractivity contribution in [1.29, 1.82) is 0 Å². The lowest BCUT2D eigenvalue weighted by Crippen LogP contribution is -2.42. The maximum atomic E-state index is 12.5. The van der Waals surface area contributed by atoms with Gasteiger partial charge in [0.1, 0.15) is 4.90 Å². The Kier molecular flexibility index (Phi) is 5.73. The van der Waals surface area contributed by atoms with Gasteiger partial charge in [-0.25, -0.2) is 8.42 Å². The highest BCUT2D eigenvalue weighted by atomic mass is 32.2. The van der Waals surface area contributed by atoms with Crippen LogP contribution in [0, 0.1) is 0 Å². The summed E-state index contributed by atoms with van der Waals surface area (Å²) >= 11 is 0. The van der Waals surface area contributed by atoms with E-state index < -0.39 is 10.0 Å². The van der Waals surface area contributed by atoms with Crippen molar-refractivity contribution in [3.05, 3.63) is 6.20 Å². The molecule has 1 amide bonds. The lowest BCUT2D eigenvalue weighted by Gasteiger charge is -2.20. The zero-order chi connectivity index (χ0) is 16.2. The molecule has 0 radical (unpaired) electrons. The normalized spacial score (nSPS) is 12.1. The smallest absolute Gasteiger partial charge is 0.248 e. The van der Waals surface area contributed by atoms with Crippen LogP contribution in [0.15, 0.2) is 11.1 Å². The lowest BCUT2D eigenvalue weighted by molar-refractivity contribution is -0.121. The van der Waals surface area contributed by atoms with Gasteiger partial charge in [-0.05, 0) is 20.8 Å². The maximum absolute atomic E-state index is 12.5. The first-order valence-electron chi connectivity index (χ1n) is 6.84. The monoisotopic (exact) mass is 317 g/mol. The first kappa shape index (κ1) is 17.4. The molecule has 0 atom stereocenters. The lowest BCUT2D eigenvalue weighted by atomic mass is 10.4. The van der Waals surface area contributed by atoms with Crippen LogP contribution in [-0.4, -0.2) is 47.5 Å². The quantitative estimate of drug-likeness (QED) is 0.736. The van der Waals surface area contributed by atoms with Gasteiger partial charge in [0.05, 0.1) is 6.54 Å². The van der Waals surface area contributed by atoms with Crippen molar-refractivity contribution in [2.45, 2.75) is 45.2 Å². The summed E-state index contributed by atoms with van der Waals surface area (Å²) in [7, 11) is -3.84. The molecule has 0 aliphatic carbocycles. The van der Waals surface area contributed by atoms with E-state index >= 15 is 0 Å². The summed E-state index contributed by atoms with van der Waals surface area (Å²) in [6, 6.07) is -0.0492. The van der Waals surface area contributed by atoms with E-state index in [1.165, 1.54) is 10.9 Å². The number of nitrogens with two attached hydrogens (primary N) is 1. The fourth-order valence-electron chi connectivity index (χ4n) is 1.81. The average molecular weight is 317 g/mol. The third-order valence-electron chi connectivity index (χ3n) is 2.82. The fraction of sp³-hybridized carbons (Fsp3) is 0.667. The van der Waals surface area contributed by atoms with Crippen molar-refractivity contribution in [3.8, 4) is 0 Å². The van der Waals surface area contributed by atoms with E-state index in [1.54, 1.807) is 6.92 Å². The van der Waals surface area contributed by atoms with Crippen LogP contribution >= 0.6 is 0 Å². The Balaban J connectivity index is 3.02. The zero-order valence-corrected chi connectivity index (χ0v) is 13.6. The van der Waals surface area contributed by atoms with Gasteiger partial charge in [0.15, 0.2) is 5.82 Å². The number of anilines is 1. The summed E-state index contributed by atoms with van der Waals surface area (Å²) in [5.74, 6) is -0.406. The Bertz CT molecular complexity index is 594. The molecule has 1 aromatic rings. The van der Waals surface area contributed by atoms with Gasteiger partial charge in [-0.15, -0.1) is 0 Å². The molecule has 1 rings (SSSR count). The number of hydrogen-bond acceptors (Lipinski definition) is 5. The number of hydrogen-bond donors (Lipinski definition) is 2. The van der Waals surface area contributed by atoms with Gasteiger partial charge in [0.25, 0.3) is 0 Å². The summed E-state index contributed by atoms with van der Waals surface area (Å²) in [5.41, 5.74) is 5.67. The second-order valence-electron chi connectivity index (χ2n) is 4.89. The second-order valence-corrected chi connectivity index (χ2v) is 6.79. The van der Waals surface area contributed by atoms with Crippen molar-refractivity contribution in [2.75, 3.05) is 18.8 Å². The predicted molar refractivity (Wildman–Crippen MR) is 80.0 cm³/mol. The number of nitrogens with one attached hydrogen (secondary N) is 1. The number of nitrogen functional groups attached to an aromatic ring is 1. The number of nitrogens with zero attached hydrogens (tertiary/aromatic N) is 3. The zero-order valence-electron chi connectivity index (χ0n) is 12.8. The van der Waals surface area contributed by atoms with Crippen LogP contribution in [0.2, 0.25) is 0 Å². The number of carbonyl (C=O) groups excluding carboxylic acids is 1. The third kappa shape index (κ3) is 4.18. The van der Waals surface area contributed by atoms with Crippen LogP contribution < -0.4 is 11.1 Å². The van der Waals surface area contributed by atoms with Crippen LogP contribution in [0.1, 0.15) is 27.7 Å². The van der Waals surface area contributed by atoms with Gasteiger partial charge in [-0.3, -0.25) is 9.48 Å². The summed E-state index contributed by atoms with van der Waals surface area (Å²) in [4.78, 5) is 11.7. The Morgan fingerprint density at radius 2 is 2.10 bits per heavy atom. The molecule has 120 valence electrons. The van der Waals surface area contributed by atoms with Gasteiger partial charge in [0.2, 0.25) is 15.9 Å². The van der Waals surface area contributed by atoms with E-state index in [-0.39, 0.29) is 35.8 Å². The van der Waals surface area contributed by atoms with Crippen LogP contribution in [-0.2, 0) is 21.4 Å². The molecule has 8 nitrogen and oxygen atoms in total. The fourth-order valence-corrected chi connectivity index (χ4v) is 3.28. The number of sulfonamides is 1. The summed E-state index contributed by atoms with van der Waals surface area (Å²) in [6.07, 6.45) is 1.38. The Hall–Kier alpha value is -1.61. The highest BCUT2D eigenvalue weighted by Crippen LogP contribution is 2.20. The summed E-state index contributed by atoms with van der Waals surface area (Å²) in [5, 5.41) is 6.59. The molecule has 0 aliphatic rings. The molecule has 0 unspecified atom stereocenters. The largest absolute Gasteiger partial charge is 0.381 e. The molecule has 3 N–H and O–H groups in total. The standard InChI is InChI=1S/C12H23N5O3S/c1-5-16-7-10(12(13)15-16)21(19,20)17(6-2)8-11(18)14-9(3)4/h7,9H,5-6,8H2,1-4H3,(H2,13,15)(H,14,18). The average Bonchev–Trinajstić information content (AvgIpc) is 2.77. The van der Waals surface area contributed by atoms with E-state index in [2.05, 4.69) is 10.4 Å². The molecule has 0 spiro atoms. The Labute approximate surface area is 125 Å². The molecule has 0 saturated carbocycles. The maximum Gasteiger partial charge on any atom is 0.248 e. The minimum absolute atomic E-state index is 0.0492. The van der Waals surface area contributed by atoms with Gasteiger partial charge < -0.3 is 11.1 Å². The van der Waals surface area contributed by atoms with Crippen LogP contribution in [0.25, 0.3) is 0 Å². The Morgan fingerprint density at radius 3 is 2.52 bits per heavy atom. The molecule has 0 aliphatic heterocycles. The molecular weight excluding hydrogens is 294 g/mol. The van der Waals surface area contributed by atoms with Gasteiger partial charge in [-0.2, -0.15) is 9.40 Å². The van der Waals surface area contributed by atoms with E-state index in [9.17, 15) is 13.2 Å². The minimum Gasteiger partial charge on any atom is -0.381 e. The van der Waals surface area contributed by atoms with Crippen molar-refractivity contribution in [2.24, 2.45) is 0 Å². The van der Waals surface area contributed by atoms with Crippen molar-refractivity contribution in [1.82, 2.24) is 19.4 Å². The third-order valence-corrected chi connectivity index (χ3v) is 4.76. The van der Waals surface area contributed by atoms with Crippen LogP contribution in [0.5, 0.6) is 0 Å². The molecule has 0 bridgehead atoms. The number of amides is 1. The van der Waals surface area contributed by atoms with Crippen molar-refractivity contribution in [3.63, 3.8) is 0 Å². The predicted octanol–water partition coefficient (Wildman–Crippen LogP) is 0.0204. The Morgan fingerprint density at radius 1 is 1.48 bits per heavy atom. The molecule has 0 aromatic carbocycles. The van der Waals surface area contributed by atoms with E-state index in [1.807, 2.05) is 20.8 Å². The van der Waals surface area contributed by atoms with Crippen molar-refractivity contribution < 1.29 is 13.2 Å². The summed E-state index contributed by atoms with van der Waals surface area (Å²) in [6.45, 7) is 7.56. The SMILES string of the molecule is CCN(CC(=O)NC(C)C)S(=O)(=O)c1cn(CC)nc1N. The van der Waals surface area contributed by atoms with E-state index in [4.69, 9.17) is 5.73 Å². The van der Waals surface area contributed by atoms with Gasteiger partial charge in [-0.1, -0.05) is 6.92 Å². The first-order valence-corrected chi connectivity index (χ1v) is 8.28. The second kappa shape index (κ2) is 6.90. The minimum atomic E-state index is -3.84. The van der Waals surface area contributed by atoms with Crippen molar-refractivity contribution >= 4 is 21.7 Å². The molecular formula is C12H23N5O3S.